The zero-order chi connectivity index (χ0) is 18.3. The lowest BCUT2D eigenvalue weighted by molar-refractivity contribution is 0.0617. The van der Waals surface area contributed by atoms with Crippen LogP contribution >= 0.6 is 0 Å². The van der Waals surface area contributed by atoms with Crippen LogP contribution in [0, 0.1) is 17.8 Å². The van der Waals surface area contributed by atoms with Gasteiger partial charge in [-0.05, 0) is 78.7 Å². The van der Waals surface area contributed by atoms with Gasteiger partial charge in [-0.3, -0.25) is 9.97 Å². The Morgan fingerprint density at radius 2 is 1.96 bits per heavy atom. The van der Waals surface area contributed by atoms with Crippen LogP contribution in [0.3, 0.4) is 0 Å². The first-order chi connectivity index (χ1) is 12.5. The summed E-state index contributed by atoms with van der Waals surface area (Å²) in [6.45, 7) is 4.33. The van der Waals surface area contributed by atoms with Crippen molar-refractivity contribution in [1.29, 1.82) is 0 Å². The minimum Gasteiger partial charge on any atom is -0.388 e. The summed E-state index contributed by atoms with van der Waals surface area (Å²) in [6.07, 6.45) is 9.59. The number of hydrogen-bond donors (Lipinski definition) is 2. The van der Waals surface area contributed by atoms with E-state index in [4.69, 9.17) is 0 Å². The van der Waals surface area contributed by atoms with E-state index in [0.29, 0.717) is 11.8 Å². The Morgan fingerprint density at radius 1 is 1.12 bits per heavy atom. The Labute approximate surface area is 155 Å². The number of hydrogen-bond acceptors (Lipinski definition) is 4. The summed E-state index contributed by atoms with van der Waals surface area (Å²) in [5, 5.41) is 21.4. The molecule has 0 aromatic carbocycles. The van der Waals surface area contributed by atoms with Crippen LogP contribution in [0.2, 0.25) is 0 Å². The molecule has 2 aromatic rings. The second-order valence-electron chi connectivity index (χ2n) is 8.24. The zero-order valence-electron chi connectivity index (χ0n) is 15.6. The molecule has 26 heavy (non-hydrogen) atoms. The molecule has 2 aromatic heterocycles. The van der Waals surface area contributed by atoms with Gasteiger partial charge in [-0.25, -0.2) is 0 Å². The number of aromatic nitrogens is 2. The molecular weight excluding hydrogens is 324 g/mol. The van der Waals surface area contributed by atoms with Crippen LogP contribution in [0.4, 0.5) is 0 Å². The van der Waals surface area contributed by atoms with Crippen molar-refractivity contribution in [2.75, 3.05) is 0 Å². The Balaban J connectivity index is 1.51. The second-order valence-corrected chi connectivity index (χ2v) is 8.24. The van der Waals surface area contributed by atoms with Gasteiger partial charge in [0.2, 0.25) is 0 Å². The van der Waals surface area contributed by atoms with Crippen LogP contribution in [0.1, 0.15) is 66.8 Å². The first-order valence-corrected chi connectivity index (χ1v) is 9.81. The third-order valence-corrected chi connectivity index (χ3v) is 6.46. The highest BCUT2D eigenvalue weighted by molar-refractivity contribution is 5.31. The summed E-state index contributed by atoms with van der Waals surface area (Å²) in [4.78, 5) is 8.81. The number of rotatable bonds is 3. The summed E-state index contributed by atoms with van der Waals surface area (Å²) in [5.74, 6) is 0.886. The van der Waals surface area contributed by atoms with Crippen LogP contribution < -0.4 is 0 Å². The molecule has 0 saturated carbocycles. The summed E-state index contributed by atoms with van der Waals surface area (Å²) in [5.41, 5.74) is 5.43. The maximum absolute atomic E-state index is 10.9. The molecule has 4 nitrogen and oxygen atoms in total. The van der Waals surface area contributed by atoms with E-state index in [1.54, 1.807) is 6.20 Å². The summed E-state index contributed by atoms with van der Waals surface area (Å²) < 4.78 is 0. The maximum Gasteiger partial charge on any atom is 0.0833 e. The van der Waals surface area contributed by atoms with Crippen molar-refractivity contribution in [2.24, 2.45) is 17.8 Å². The van der Waals surface area contributed by atoms with E-state index in [0.717, 1.165) is 54.5 Å². The first-order valence-electron chi connectivity index (χ1n) is 9.81. The number of nitrogens with zero attached hydrogens (tertiary/aromatic N) is 2. The van der Waals surface area contributed by atoms with Crippen LogP contribution in [0.25, 0.3) is 0 Å². The molecule has 0 amide bonds. The molecule has 2 aliphatic rings. The van der Waals surface area contributed by atoms with Crippen molar-refractivity contribution in [3.8, 4) is 0 Å². The van der Waals surface area contributed by atoms with Gasteiger partial charge in [0.15, 0.2) is 0 Å². The van der Waals surface area contributed by atoms with Gasteiger partial charge in [0, 0.05) is 29.8 Å². The van der Waals surface area contributed by atoms with Crippen molar-refractivity contribution in [2.45, 2.75) is 58.2 Å². The number of aryl methyl sites for hydroxylation is 2. The van der Waals surface area contributed by atoms with Crippen LogP contribution in [0.5, 0.6) is 0 Å². The number of fused-ring (bicyclic) bond motifs is 2. The zero-order valence-corrected chi connectivity index (χ0v) is 15.6. The molecular formula is C22H28N2O2. The summed E-state index contributed by atoms with van der Waals surface area (Å²) in [6, 6.07) is 4.10. The molecule has 0 aliphatic heterocycles. The number of aliphatic hydroxyl groups is 2. The SMILES string of the molecule is CC1CCc2ncc(CC(C)C3CCc4cnccc4C3O)cc2C1O. The highest BCUT2D eigenvalue weighted by atomic mass is 16.3. The minimum absolute atomic E-state index is 0.241. The predicted octanol–water partition coefficient (Wildman–Crippen LogP) is 3.57. The van der Waals surface area contributed by atoms with Gasteiger partial charge in [-0.2, -0.15) is 0 Å². The van der Waals surface area contributed by atoms with Gasteiger partial charge in [0.1, 0.15) is 0 Å². The summed E-state index contributed by atoms with van der Waals surface area (Å²) >= 11 is 0. The van der Waals surface area contributed by atoms with Gasteiger partial charge in [-0.15, -0.1) is 0 Å². The predicted molar refractivity (Wildman–Crippen MR) is 101 cm³/mol. The normalized spacial score (nSPS) is 28.9. The van der Waals surface area contributed by atoms with E-state index < -0.39 is 12.2 Å². The average molecular weight is 352 g/mol. The van der Waals surface area contributed by atoms with E-state index in [1.807, 2.05) is 18.5 Å². The molecule has 5 atom stereocenters. The quantitative estimate of drug-likeness (QED) is 0.886. The Morgan fingerprint density at radius 3 is 2.81 bits per heavy atom. The van der Waals surface area contributed by atoms with E-state index in [2.05, 4.69) is 29.9 Å². The molecule has 2 aliphatic carbocycles. The smallest absolute Gasteiger partial charge is 0.0833 e. The van der Waals surface area contributed by atoms with E-state index in [1.165, 1.54) is 5.56 Å². The fourth-order valence-electron chi connectivity index (χ4n) is 4.73. The Hall–Kier alpha value is -1.78. The maximum atomic E-state index is 10.9. The molecule has 5 unspecified atom stereocenters. The second kappa shape index (κ2) is 7.09. The molecule has 0 bridgehead atoms. The van der Waals surface area contributed by atoms with E-state index >= 15 is 0 Å². The lowest BCUT2D eigenvalue weighted by Crippen LogP contribution is -2.27. The molecule has 138 valence electrons. The monoisotopic (exact) mass is 352 g/mol. The molecule has 2 heterocycles. The topological polar surface area (TPSA) is 66.2 Å². The molecule has 0 spiro atoms. The van der Waals surface area contributed by atoms with Gasteiger partial charge in [-0.1, -0.05) is 13.8 Å². The Kier molecular flexibility index (Phi) is 4.80. The van der Waals surface area contributed by atoms with Gasteiger partial charge < -0.3 is 10.2 Å². The fourth-order valence-corrected chi connectivity index (χ4v) is 4.73. The minimum atomic E-state index is -0.423. The van der Waals surface area contributed by atoms with E-state index in [9.17, 15) is 10.2 Å². The molecule has 0 radical (unpaired) electrons. The first kappa shape index (κ1) is 17.6. The standard InChI is InChI=1S/C22H28N2O2/c1-13-3-6-20-19(21(13)25)10-15(11-24-20)9-14(2)17-5-4-16-12-23-8-7-18(16)22(17)26/h7-8,10-14,17,21-22,25-26H,3-6,9H2,1-2H3. The van der Waals surface area contributed by atoms with Crippen LogP contribution in [0.15, 0.2) is 30.7 Å². The van der Waals surface area contributed by atoms with Crippen molar-refractivity contribution in [3.05, 3.63) is 58.7 Å². The third-order valence-electron chi connectivity index (χ3n) is 6.46. The lowest BCUT2D eigenvalue weighted by Gasteiger charge is -2.34. The van der Waals surface area contributed by atoms with Gasteiger partial charge >= 0.3 is 0 Å². The van der Waals surface area contributed by atoms with Crippen molar-refractivity contribution in [1.82, 2.24) is 9.97 Å². The Bertz CT molecular complexity index is 791. The van der Waals surface area contributed by atoms with Crippen LogP contribution in [-0.4, -0.2) is 20.2 Å². The highest BCUT2D eigenvalue weighted by Crippen LogP contribution is 2.40. The van der Waals surface area contributed by atoms with E-state index in [-0.39, 0.29) is 5.92 Å². The number of aliphatic hydroxyl groups excluding tert-OH is 2. The summed E-state index contributed by atoms with van der Waals surface area (Å²) in [7, 11) is 0. The van der Waals surface area contributed by atoms with Gasteiger partial charge in [0.25, 0.3) is 0 Å². The molecule has 0 fully saturated rings. The van der Waals surface area contributed by atoms with Crippen molar-refractivity contribution < 1.29 is 10.2 Å². The lowest BCUT2D eigenvalue weighted by atomic mass is 9.74. The molecule has 4 rings (SSSR count). The van der Waals surface area contributed by atoms with Crippen molar-refractivity contribution in [3.63, 3.8) is 0 Å². The third kappa shape index (κ3) is 3.17. The average Bonchev–Trinajstić information content (AvgIpc) is 2.65. The largest absolute Gasteiger partial charge is 0.388 e. The highest BCUT2D eigenvalue weighted by Gasteiger charge is 2.32. The van der Waals surface area contributed by atoms with Gasteiger partial charge in [0.05, 0.1) is 12.2 Å². The van der Waals surface area contributed by atoms with Crippen molar-refractivity contribution >= 4 is 0 Å². The molecule has 4 heteroatoms. The van der Waals surface area contributed by atoms with Crippen LogP contribution in [-0.2, 0) is 19.3 Å². The molecule has 2 N–H and O–H groups in total. The number of pyridine rings is 2. The molecule has 0 saturated heterocycles. The fraction of sp³-hybridized carbons (Fsp3) is 0.545.